The number of phenolic OH excluding ortho intramolecular Hbond substituents is 1. The molecule has 0 radical (unpaired) electrons. The standard InChI is InChI=1S/C15H13ClF3NO2.C5H6/c16-10-3-6-13(12(7-10)14(22)15(17,18)19)20-8-9-1-4-11(21)5-2-9;1-2-5-3-4-5/h1-7,14,20-22H,8H2;1,5H,3-4H2. The highest BCUT2D eigenvalue weighted by molar-refractivity contribution is 6.30. The van der Waals surface area contributed by atoms with Crippen molar-refractivity contribution in [2.75, 3.05) is 5.32 Å². The van der Waals surface area contributed by atoms with Crippen LogP contribution in [0.5, 0.6) is 5.75 Å². The first kappa shape index (κ1) is 20.9. The summed E-state index contributed by atoms with van der Waals surface area (Å²) in [6.07, 6.45) is 0.137. The van der Waals surface area contributed by atoms with Crippen LogP contribution in [0.25, 0.3) is 0 Å². The summed E-state index contributed by atoms with van der Waals surface area (Å²) in [4.78, 5) is 0. The molecule has 1 saturated carbocycles. The van der Waals surface area contributed by atoms with Crippen LogP contribution in [-0.2, 0) is 6.54 Å². The number of aliphatic hydroxyl groups excluding tert-OH is 1. The van der Waals surface area contributed by atoms with Crippen LogP contribution in [0.2, 0.25) is 5.02 Å². The summed E-state index contributed by atoms with van der Waals surface area (Å²) in [5.74, 6) is 3.40. The van der Waals surface area contributed by atoms with E-state index in [4.69, 9.17) is 18.0 Å². The Morgan fingerprint density at radius 2 is 1.81 bits per heavy atom. The minimum Gasteiger partial charge on any atom is -0.508 e. The summed E-state index contributed by atoms with van der Waals surface area (Å²) >= 11 is 5.71. The fourth-order valence-electron chi connectivity index (χ4n) is 2.16. The molecule has 1 atom stereocenters. The smallest absolute Gasteiger partial charge is 0.418 e. The van der Waals surface area contributed by atoms with E-state index in [-0.39, 0.29) is 28.6 Å². The zero-order chi connectivity index (χ0) is 20.0. The van der Waals surface area contributed by atoms with Crippen LogP contribution in [0, 0.1) is 18.3 Å². The molecule has 2 aromatic rings. The van der Waals surface area contributed by atoms with E-state index in [1.807, 2.05) is 0 Å². The largest absolute Gasteiger partial charge is 0.508 e. The van der Waals surface area contributed by atoms with Crippen LogP contribution in [0.1, 0.15) is 30.1 Å². The number of phenols is 1. The Morgan fingerprint density at radius 1 is 1.19 bits per heavy atom. The molecule has 144 valence electrons. The van der Waals surface area contributed by atoms with Gasteiger partial charge in [0.15, 0.2) is 6.10 Å². The number of hydrogen-bond acceptors (Lipinski definition) is 3. The number of hydrogen-bond donors (Lipinski definition) is 3. The van der Waals surface area contributed by atoms with Gasteiger partial charge >= 0.3 is 6.18 Å². The van der Waals surface area contributed by atoms with E-state index in [0.717, 1.165) is 11.6 Å². The monoisotopic (exact) mass is 397 g/mol. The summed E-state index contributed by atoms with van der Waals surface area (Å²) in [6.45, 7) is 0.236. The second-order valence-electron chi connectivity index (χ2n) is 6.14. The third-order valence-electron chi connectivity index (χ3n) is 3.85. The fourth-order valence-corrected chi connectivity index (χ4v) is 2.34. The summed E-state index contributed by atoms with van der Waals surface area (Å²) < 4.78 is 38.1. The van der Waals surface area contributed by atoms with Crippen molar-refractivity contribution < 1.29 is 23.4 Å². The number of nitrogens with one attached hydrogen (secondary N) is 1. The third kappa shape index (κ3) is 6.70. The topological polar surface area (TPSA) is 52.5 Å². The number of aromatic hydroxyl groups is 1. The molecule has 0 amide bonds. The molecule has 3 N–H and O–H groups in total. The number of alkyl halides is 3. The van der Waals surface area contributed by atoms with E-state index < -0.39 is 12.3 Å². The molecule has 0 saturated heterocycles. The van der Waals surface area contributed by atoms with Gasteiger partial charge in [-0.3, -0.25) is 0 Å². The van der Waals surface area contributed by atoms with Crippen LogP contribution in [0.3, 0.4) is 0 Å². The maximum absolute atomic E-state index is 12.7. The van der Waals surface area contributed by atoms with E-state index in [2.05, 4.69) is 11.2 Å². The van der Waals surface area contributed by atoms with Crippen LogP contribution >= 0.6 is 11.6 Å². The fraction of sp³-hybridized carbons (Fsp3) is 0.300. The van der Waals surface area contributed by atoms with Crippen molar-refractivity contribution in [3.05, 3.63) is 58.6 Å². The van der Waals surface area contributed by atoms with Gasteiger partial charge in [-0.1, -0.05) is 23.7 Å². The molecule has 3 rings (SSSR count). The van der Waals surface area contributed by atoms with Crippen molar-refractivity contribution in [2.24, 2.45) is 5.92 Å². The minimum absolute atomic E-state index is 0.100. The van der Waals surface area contributed by atoms with E-state index in [1.54, 1.807) is 12.1 Å². The number of terminal acetylenes is 1. The van der Waals surface area contributed by atoms with Crippen molar-refractivity contribution >= 4 is 17.3 Å². The Hall–Kier alpha value is -2.36. The Labute approximate surface area is 160 Å². The molecule has 0 aliphatic heterocycles. The lowest BCUT2D eigenvalue weighted by molar-refractivity contribution is -0.206. The average Bonchev–Trinajstić information content (AvgIpc) is 3.45. The van der Waals surface area contributed by atoms with Gasteiger partial charge in [0, 0.05) is 28.7 Å². The molecule has 0 spiro atoms. The minimum atomic E-state index is -4.78. The van der Waals surface area contributed by atoms with Crippen molar-refractivity contribution in [1.82, 2.24) is 0 Å². The highest BCUT2D eigenvalue weighted by Crippen LogP contribution is 2.37. The van der Waals surface area contributed by atoms with Gasteiger partial charge in [-0.25, -0.2) is 0 Å². The lowest BCUT2D eigenvalue weighted by Gasteiger charge is -2.19. The first-order valence-corrected chi connectivity index (χ1v) is 8.60. The maximum Gasteiger partial charge on any atom is 0.418 e. The first-order valence-electron chi connectivity index (χ1n) is 8.23. The summed E-state index contributed by atoms with van der Waals surface area (Å²) in [5.41, 5.74) is 0.571. The second-order valence-corrected chi connectivity index (χ2v) is 6.57. The highest BCUT2D eigenvalue weighted by Gasteiger charge is 2.40. The lowest BCUT2D eigenvalue weighted by atomic mass is 10.1. The van der Waals surface area contributed by atoms with Crippen LogP contribution in [-0.4, -0.2) is 16.4 Å². The van der Waals surface area contributed by atoms with Gasteiger partial charge in [0.05, 0.1) is 0 Å². The molecule has 0 aromatic heterocycles. The first-order chi connectivity index (χ1) is 12.7. The molecule has 2 aromatic carbocycles. The molecule has 7 heteroatoms. The van der Waals surface area contributed by atoms with Crippen molar-refractivity contribution in [3.63, 3.8) is 0 Å². The quantitative estimate of drug-likeness (QED) is 0.615. The van der Waals surface area contributed by atoms with E-state index >= 15 is 0 Å². The Morgan fingerprint density at radius 3 is 2.30 bits per heavy atom. The highest BCUT2D eigenvalue weighted by atomic mass is 35.5. The molecule has 1 unspecified atom stereocenters. The van der Waals surface area contributed by atoms with Gasteiger partial charge in [-0.2, -0.15) is 13.2 Å². The zero-order valence-corrected chi connectivity index (χ0v) is 15.1. The summed E-state index contributed by atoms with van der Waals surface area (Å²) in [6, 6.07) is 10.1. The zero-order valence-electron chi connectivity index (χ0n) is 14.3. The van der Waals surface area contributed by atoms with E-state index in [9.17, 15) is 23.4 Å². The number of halogens is 4. The van der Waals surface area contributed by atoms with Gasteiger partial charge in [0.1, 0.15) is 5.75 Å². The molecule has 0 bridgehead atoms. The number of rotatable bonds is 4. The van der Waals surface area contributed by atoms with E-state index in [0.29, 0.717) is 5.92 Å². The Balaban J connectivity index is 0.000000451. The molecular formula is C20H19ClF3NO2. The predicted octanol–water partition coefficient (Wildman–Crippen LogP) is 5.28. The van der Waals surface area contributed by atoms with Crippen molar-refractivity contribution in [2.45, 2.75) is 31.7 Å². The molecular weight excluding hydrogens is 379 g/mol. The number of benzene rings is 2. The summed E-state index contributed by atoms with van der Waals surface area (Å²) in [5, 5.41) is 21.6. The van der Waals surface area contributed by atoms with Crippen LogP contribution in [0.4, 0.5) is 18.9 Å². The number of anilines is 1. The molecule has 0 heterocycles. The van der Waals surface area contributed by atoms with Crippen LogP contribution < -0.4 is 5.32 Å². The Bertz CT molecular complexity index is 796. The molecule has 1 fully saturated rings. The van der Waals surface area contributed by atoms with Gasteiger partial charge < -0.3 is 15.5 Å². The van der Waals surface area contributed by atoms with Crippen molar-refractivity contribution in [3.8, 4) is 18.1 Å². The normalized spacial score (nSPS) is 14.5. The second kappa shape index (κ2) is 9.03. The number of aliphatic hydroxyl groups is 1. The molecule has 27 heavy (non-hydrogen) atoms. The average molecular weight is 398 g/mol. The predicted molar refractivity (Wildman–Crippen MR) is 99.5 cm³/mol. The summed E-state index contributed by atoms with van der Waals surface area (Å²) in [7, 11) is 0. The van der Waals surface area contributed by atoms with Gasteiger partial charge in [0.2, 0.25) is 0 Å². The van der Waals surface area contributed by atoms with Gasteiger partial charge in [-0.15, -0.1) is 12.3 Å². The maximum atomic E-state index is 12.7. The lowest BCUT2D eigenvalue weighted by Crippen LogP contribution is -2.21. The Kier molecular flexibility index (Phi) is 7.00. The molecule has 1 aliphatic rings. The van der Waals surface area contributed by atoms with Gasteiger partial charge in [0.25, 0.3) is 0 Å². The van der Waals surface area contributed by atoms with Gasteiger partial charge in [-0.05, 0) is 48.7 Å². The molecule has 1 aliphatic carbocycles. The molecule has 3 nitrogen and oxygen atoms in total. The third-order valence-corrected chi connectivity index (χ3v) is 4.09. The SMILES string of the molecule is C#CC1CC1.Oc1ccc(CNc2ccc(Cl)cc2C(O)C(F)(F)F)cc1. The van der Waals surface area contributed by atoms with Crippen LogP contribution in [0.15, 0.2) is 42.5 Å². The van der Waals surface area contributed by atoms with Crippen molar-refractivity contribution in [1.29, 1.82) is 0 Å². The van der Waals surface area contributed by atoms with E-state index in [1.165, 1.54) is 37.1 Å².